The summed E-state index contributed by atoms with van der Waals surface area (Å²) in [5.74, 6) is 0.960. The summed E-state index contributed by atoms with van der Waals surface area (Å²) >= 11 is 3.66. The number of thioether (sulfide) groups is 1. The molecule has 1 heterocycles. The van der Waals surface area contributed by atoms with Crippen LogP contribution in [-0.2, 0) is 18.7 Å². The zero-order chi connectivity index (χ0) is 15.1. The van der Waals surface area contributed by atoms with Crippen molar-refractivity contribution in [3.8, 4) is 0 Å². The van der Waals surface area contributed by atoms with Crippen molar-refractivity contribution in [2.45, 2.75) is 56.8 Å². The number of nitrogens with one attached hydrogen (secondary N) is 1. The summed E-state index contributed by atoms with van der Waals surface area (Å²) in [6.45, 7) is 7.49. The first-order valence-corrected chi connectivity index (χ1v) is 9.42. The molecule has 1 aromatic heterocycles. The van der Waals surface area contributed by atoms with Crippen molar-refractivity contribution < 1.29 is 0 Å². The minimum absolute atomic E-state index is 0.522. The summed E-state index contributed by atoms with van der Waals surface area (Å²) in [5.41, 5.74) is 2.55. The average Bonchev–Trinajstić information content (AvgIpc) is 2.92. The van der Waals surface area contributed by atoms with Crippen LogP contribution in [0, 0.1) is 0 Å². The molecule has 0 unspecified atom stereocenters. The van der Waals surface area contributed by atoms with Gasteiger partial charge in [-0.25, -0.2) is 4.98 Å². The number of hydrogen-bond acceptors (Lipinski definition) is 4. The summed E-state index contributed by atoms with van der Waals surface area (Å²) in [7, 11) is 0. The molecule has 0 aliphatic carbocycles. The molecule has 114 valence electrons. The zero-order valence-corrected chi connectivity index (χ0v) is 14.7. The molecule has 0 atom stereocenters. The molecule has 4 heteroatoms. The van der Waals surface area contributed by atoms with Gasteiger partial charge in [-0.05, 0) is 30.5 Å². The Morgan fingerprint density at radius 3 is 2.95 bits per heavy atom. The molecular weight excluding hydrogens is 296 g/mol. The fourth-order valence-electron chi connectivity index (χ4n) is 1.97. The minimum Gasteiger partial charge on any atom is -0.310 e. The molecule has 0 aliphatic rings. The molecule has 0 spiro atoms. The molecule has 21 heavy (non-hydrogen) atoms. The van der Waals surface area contributed by atoms with Crippen LogP contribution in [-0.4, -0.2) is 11.0 Å². The maximum Gasteiger partial charge on any atom is 0.0928 e. The Balaban J connectivity index is 1.88. The first-order chi connectivity index (χ1) is 10.2. The van der Waals surface area contributed by atoms with Crippen molar-refractivity contribution in [2.24, 2.45) is 0 Å². The van der Waals surface area contributed by atoms with Gasteiger partial charge in [-0.2, -0.15) is 0 Å². The van der Waals surface area contributed by atoms with Gasteiger partial charge in [-0.3, -0.25) is 0 Å². The highest BCUT2D eigenvalue weighted by molar-refractivity contribution is 7.98. The quantitative estimate of drug-likeness (QED) is 0.701. The van der Waals surface area contributed by atoms with E-state index in [1.165, 1.54) is 27.6 Å². The first-order valence-electron chi connectivity index (χ1n) is 7.55. The predicted molar refractivity (Wildman–Crippen MR) is 94.1 cm³/mol. The van der Waals surface area contributed by atoms with Gasteiger partial charge in [0.25, 0.3) is 0 Å². The lowest BCUT2D eigenvalue weighted by molar-refractivity contribution is 0.588. The molecular formula is C17H24N2S2. The van der Waals surface area contributed by atoms with E-state index >= 15 is 0 Å². The van der Waals surface area contributed by atoms with Crippen LogP contribution in [0.1, 0.15) is 43.5 Å². The molecule has 2 nitrogen and oxygen atoms in total. The Morgan fingerprint density at radius 1 is 1.33 bits per heavy atom. The average molecular weight is 321 g/mol. The van der Waals surface area contributed by atoms with Gasteiger partial charge >= 0.3 is 0 Å². The third-order valence-electron chi connectivity index (χ3n) is 3.06. The fraction of sp³-hybridized carbons (Fsp3) is 0.471. The van der Waals surface area contributed by atoms with Crippen molar-refractivity contribution >= 4 is 23.1 Å². The molecule has 2 aromatic rings. The highest BCUT2D eigenvalue weighted by atomic mass is 32.2. The zero-order valence-electron chi connectivity index (χ0n) is 13.1. The van der Waals surface area contributed by atoms with Crippen molar-refractivity contribution in [1.82, 2.24) is 10.3 Å². The largest absolute Gasteiger partial charge is 0.310 e. The Hall–Kier alpha value is -0.840. The Labute approximate surface area is 136 Å². The van der Waals surface area contributed by atoms with Gasteiger partial charge in [0.1, 0.15) is 0 Å². The van der Waals surface area contributed by atoms with E-state index in [9.17, 15) is 0 Å². The standard InChI is InChI=1S/C17H24N2S2/c1-4-6-17-19-15(12-21-17)11-20-16-8-5-7-14(9-16)10-18-13(2)3/h5,7-9,12-13,18H,4,6,10-11H2,1-3H3. The van der Waals surface area contributed by atoms with Crippen LogP contribution >= 0.6 is 23.1 Å². The third-order valence-corrected chi connectivity index (χ3v) is 5.05. The molecule has 0 aliphatic heterocycles. The maximum absolute atomic E-state index is 4.68. The topological polar surface area (TPSA) is 24.9 Å². The SMILES string of the molecule is CCCc1nc(CSc2cccc(CNC(C)C)c2)cs1. The normalized spacial score (nSPS) is 11.2. The van der Waals surface area contributed by atoms with E-state index in [2.05, 4.69) is 60.7 Å². The maximum atomic E-state index is 4.68. The van der Waals surface area contributed by atoms with Gasteiger partial charge in [-0.1, -0.05) is 32.9 Å². The van der Waals surface area contributed by atoms with Crippen LogP contribution in [0.3, 0.4) is 0 Å². The highest BCUT2D eigenvalue weighted by Crippen LogP contribution is 2.24. The van der Waals surface area contributed by atoms with Crippen molar-refractivity contribution in [3.63, 3.8) is 0 Å². The van der Waals surface area contributed by atoms with Crippen LogP contribution in [0.2, 0.25) is 0 Å². The molecule has 1 N–H and O–H groups in total. The number of hydrogen-bond donors (Lipinski definition) is 1. The molecule has 1 aromatic carbocycles. The van der Waals surface area contributed by atoms with Gasteiger partial charge in [-0.15, -0.1) is 23.1 Å². The van der Waals surface area contributed by atoms with Crippen molar-refractivity contribution in [1.29, 1.82) is 0 Å². The first kappa shape index (κ1) is 16.5. The molecule has 0 amide bonds. The lowest BCUT2D eigenvalue weighted by Gasteiger charge is -2.09. The Kier molecular flexibility index (Phi) is 6.74. The monoisotopic (exact) mass is 320 g/mol. The van der Waals surface area contributed by atoms with E-state index < -0.39 is 0 Å². The van der Waals surface area contributed by atoms with Gasteiger partial charge in [0.2, 0.25) is 0 Å². The number of benzene rings is 1. The number of aryl methyl sites for hydroxylation is 1. The van der Waals surface area contributed by atoms with E-state index in [-0.39, 0.29) is 0 Å². The van der Waals surface area contributed by atoms with Gasteiger partial charge in [0.15, 0.2) is 0 Å². The smallest absolute Gasteiger partial charge is 0.0928 e. The third kappa shape index (κ3) is 5.81. The lowest BCUT2D eigenvalue weighted by Crippen LogP contribution is -2.21. The van der Waals surface area contributed by atoms with E-state index in [4.69, 9.17) is 0 Å². The van der Waals surface area contributed by atoms with Gasteiger partial charge in [0.05, 0.1) is 10.7 Å². The summed E-state index contributed by atoms with van der Waals surface area (Å²) in [5, 5.41) is 6.92. The highest BCUT2D eigenvalue weighted by Gasteiger charge is 2.03. The van der Waals surface area contributed by atoms with E-state index in [1.54, 1.807) is 11.3 Å². The van der Waals surface area contributed by atoms with Crippen LogP contribution in [0.4, 0.5) is 0 Å². The molecule has 0 saturated heterocycles. The minimum atomic E-state index is 0.522. The fourth-order valence-corrected chi connectivity index (χ4v) is 3.85. The Bertz CT molecular complexity index is 549. The van der Waals surface area contributed by atoms with Gasteiger partial charge < -0.3 is 5.32 Å². The number of rotatable bonds is 8. The summed E-state index contributed by atoms with van der Waals surface area (Å²) < 4.78 is 0. The number of aromatic nitrogens is 1. The summed E-state index contributed by atoms with van der Waals surface area (Å²) in [6.07, 6.45) is 2.27. The summed E-state index contributed by atoms with van der Waals surface area (Å²) in [4.78, 5) is 6.00. The second-order valence-electron chi connectivity index (χ2n) is 5.45. The molecule has 0 radical (unpaired) electrons. The van der Waals surface area contributed by atoms with E-state index in [0.717, 1.165) is 18.7 Å². The van der Waals surface area contributed by atoms with E-state index in [1.807, 2.05) is 11.8 Å². The molecule has 2 rings (SSSR count). The van der Waals surface area contributed by atoms with Crippen LogP contribution < -0.4 is 5.32 Å². The lowest BCUT2D eigenvalue weighted by atomic mass is 10.2. The van der Waals surface area contributed by atoms with E-state index in [0.29, 0.717) is 6.04 Å². The molecule has 0 saturated carbocycles. The molecule has 0 fully saturated rings. The number of thiazole rings is 1. The van der Waals surface area contributed by atoms with Crippen LogP contribution in [0.25, 0.3) is 0 Å². The van der Waals surface area contributed by atoms with Crippen molar-refractivity contribution in [2.75, 3.05) is 0 Å². The second-order valence-corrected chi connectivity index (χ2v) is 7.45. The van der Waals surface area contributed by atoms with Crippen LogP contribution in [0.5, 0.6) is 0 Å². The van der Waals surface area contributed by atoms with Gasteiger partial charge in [0, 0.05) is 28.6 Å². The Morgan fingerprint density at radius 2 is 2.19 bits per heavy atom. The van der Waals surface area contributed by atoms with Crippen molar-refractivity contribution in [3.05, 3.63) is 45.9 Å². The second kappa shape index (κ2) is 8.57. The number of nitrogens with zero attached hydrogens (tertiary/aromatic N) is 1. The van der Waals surface area contributed by atoms with Crippen LogP contribution in [0.15, 0.2) is 34.5 Å². The molecule has 0 bridgehead atoms. The predicted octanol–water partition coefficient (Wildman–Crippen LogP) is 4.89. The summed E-state index contributed by atoms with van der Waals surface area (Å²) in [6, 6.07) is 9.31.